The number of pyridine rings is 1. The molecular weight excluding hydrogens is 554 g/mol. The van der Waals surface area contributed by atoms with Crippen LogP contribution in [-0.4, -0.2) is 78.7 Å². The van der Waals surface area contributed by atoms with Crippen molar-refractivity contribution in [3.05, 3.63) is 60.6 Å². The van der Waals surface area contributed by atoms with Crippen LogP contribution in [0.15, 0.2) is 55.0 Å². The normalized spacial score (nSPS) is 23.2. The fourth-order valence-electron chi connectivity index (χ4n) is 7.71. The zero-order valence-corrected chi connectivity index (χ0v) is 24.7. The topological polar surface area (TPSA) is 120 Å². The number of imidazole rings is 1. The molecule has 9 rings (SSSR count). The molecule has 2 unspecified atom stereocenters. The molecule has 3 atom stereocenters. The predicted molar refractivity (Wildman–Crippen MR) is 167 cm³/mol. The molecule has 2 aliphatic heterocycles. The second-order valence-electron chi connectivity index (χ2n) is 12.9. The Hall–Kier alpha value is -4.51. The first kappa shape index (κ1) is 25.9. The molecule has 224 valence electrons. The van der Waals surface area contributed by atoms with Crippen molar-refractivity contribution >= 4 is 33.9 Å². The summed E-state index contributed by atoms with van der Waals surface area (Å²) in [7, 11) is 1.67. The monoisotopic (exact) mass is 589 g/mol. The van der Waals surface area contributed by atoms with E-state index in [9.17, 15) is 4.79 Å². The predicted octanol–water partition coefficient (Wildman–Crippen LogP) is 3.88. The van der Waals surface area contributed by atoms with Gasteiger partial charge in [-0.25, -0.2) is 19.9 Å². The highest BCUT2D eigenvalue weighted by molar-refractivity contribution is 6.00. The lowest BCUT2D eigenvalue weighted by atomic mass is 10.1. The molecule has 4 aromatic heterocycles. The Bertz CT molecular complexity index is 1910. The number of carbonyl (C=O) groups is 1. The van der Waals surface area contributed by atoms with Gasteiger partial charge in [0.05, 0.1) is 24.4 Å². The highest BCUT2D eigenvalue weighted by Crippen LogP contribution is 2.42. The highest BCUT2D eigenvalue weighted by Gasteiger charge is 2.47. The zero-order chi connectivity index (χ0) is 29.5. The summed E-state index contributed by atoms with van der Waals surface area (Å²) in [5.74, 6) is 3.28. The standard InChI is InChI=1S/C33H35N9O2/c1-44-27-14-22(32(43)41-16-21-7-8-25(41)28(21)34)12-24-29(27)42(23-17-39(18-23)33-36-10-3-11-37-33)31(38-24)26-13-20-4-2-9-35-30(20)40(26)15-19-5-6-19/h2-4,9-14,19,21,23,25,28H,5-8,15-18,34H2,1H3/t21?,25?,28-/m1/s1. The van der Waals surface area contributed by atoms with Crippen LogP contribution in [-0.2, 0) is 6.54 Å². The third kappa shape index (κ3) is 3.94. The molecule has 1 aromatic carbocycles. The van der Waals surface area contributed by atoms with Gasteiger partial charge in [-0.1, -0.05) is 0 Å². The van der Waals surface area contributed by atoms with Gasteiger partial charge in [-0.05, 0) is 73.9 Å². The number of methoxy groups -OCH3 is 1. The first-order valence-corrected chi connectivity index (χ1v) is 15.7. The number of benzene rings is 1. The lowest BCUT2D eigenvalue weighted by Crippen LogP contribution is -2.48. The number of likely N-dealkylation sites (tertiary alicyclic amines) is 1. The number of hydrogen-bond donors (Lipinski definition) is 1. The zero-order valence-electron chi connectivity index (χ0n) is 24.7. The Kier molecular flexibility index (Phi) is 5.75. The Balaban J connectivity index is 1.19. The van der Waals surface area contributed by atoms with E-state index in [1.165, 1.54) is 12.8 Å². The summed E-state index contributed by atoms with van der Waals surface area (Å²) in [6.45, 7) is 3.11. The Labute approximate surface area is 254 Å². The number of piperidine rings is 1. The number of nitrogens with two attached hydrogens (primary N) is 1. The van der Waals surface area contributed by atoms with E-state index in [1.54, 1.807) is 19.5 Å². The molecule has 2 saturated carbocycles. The minimum absolute atomic E-state index is 0.00652. The molecular formula is C33H35N9O2. The Morgan fingerprint density at radius 3 is 2.55 bits per heavy atom. The molecule has 2 saturated heterocycles. The molecule has 11 heteroatoms. The van der Waals surface area contributed by atoms with Crippen LogP contribution in [0.4, 0.5) is 5.95 Å². The average molecular weight is 590 g/mol. The highest BCUT2D eigenvalue weighted by atomic mass is 16.5. The van der Waals surface area contributed by atoms with E-state index in [0.717, 1.165) is 78.6 Å². The maximum absolute atomic E-state index is 13.9. The second-order valence-corrected chi connectivity index (χ2v) is 12.9. The van der Waals surface area contributed by atoms with Crippen LogP contribution in [0.2, 0.25) is 0 Å². The van der Waals surface area contributed by atoms with Gasteiger partial charge in [0, 0.05) is 67.8 Å². The van der Waals surface area contributed by atoms with Crippen molar-refractivity contribution < 1.29 is 9.53 Å². The largest absolute Gasteiger partial charge is 0.494 e. The lowest BCUT2D eigenvalue weighted by Gasteiger charge is -2.40. The van der Waals surface area contributed by atoms with Crippen LogP contribution in [0.25, 0.3) is 33.6 Å². The molecule has 44 heavy (non-hydrogen) atoms. The smallest absolute Gasteiger partial charge is 0.254 e. The lowest BCUT2D eigenvalue weighted by molar-refractivity contribution is 0.0700. The van der Waals surface area contributed by atoms with Gasteiger partial charge in [0.2, 0.25) is 5.95 Å². The van der Waals surface area contributed by atoms with Crippen LogP contribution in [0.3, 0.4) is 0 Å². The number of aromatic nitrogens is 6. The summed E-state index contributed by atoms with van der Waals surface area (Å²) < 4.78 is 10.7. The van der Waals surface area contributed by atoms with Crippen LogP contribution in [0, 0.1) is 11.8 Å². The fourth-order valence-corrected chi connectivity index (χ4v) is 7.71. The third-order valence-corrected chi connectivity index (χ3v) is 10.2. The van der Waals surface area contributed by atoms with Crippen molar-refractivity contribution in [1.29, 1.82) is 0 Å². The van der Waals surface area contributed by atoms with Gasteiger partial charge in [0.15, 0.2) is 5.82 Å². The average Bonchev–Trinajstić information content (AvgIpc) is 3.38. The fraction of sp³-hybridized carbons (Fsp3) is 0.424. The van der Waals surface area contributed by atoms with Gasteiger partial charge in [0.1, 0.15) is 16.9 Å². The summed E-state index contributed by atoms with van der Waals surface area (Å²) in [5, 5.41) is 1.10. The van der Waals surface area contributed by atoms with Gasteiger partial charge in [0.25, 0.3) is 5.91 Å². The Morgan fingerprint density at radius 1 is 1.00 bits per heavy atom. The van der Waals surface area contributed by atoms with Crippen molar-refractivity contribution in [3.8, 4) is 17.3 Å². The number of anilines is 1. The van der Waals surface area contributed by atoms with E-state index in [2.05, 4.69) is 36.1 Å². The maximum atomic E-state index is 13.9. The van der Waals surface area contributed by atoms with E-state index < -0.39 is 0 Å². The number of hydrogen-bond acceptors (Lipinski definition) is 8. The first-order chi connectivity index (χ1) is 21.6. The van der Waals surface area contributed by atoms with Crippen LogP contribution < -0.4 is 15.4 Å². The second kappa shape index (κ2) is 9.75. The van der Waals surface area contributed by atoms with Gasteiger partial charge < -0.3 is 29.4 Å². The molecule has 2 N–H and O–H groups in total. The van der Waals surface area contributed by atoms with Gasteiger partial charge in [-0.15, -0.1) is 0 Å². The van der Waals surface area contributed by atoms with Crippen molar-refractivity contribution in [3.63, 3.8) is 0 Å². The summed E-state index contributed by atoms with van der Waals surface area (Å²) >= 11 is 0. The SMILES string of the molecule is COc1cc(C(=O)N2CC3CCC2[C@@H]3N)cc2nc(-c3cc4cccnc4n3CC3CC3)n(C3CN(c4ncccn4)C3)c12. The summed E-state index contributed by atoms with van der Waals surface area (Å²) in [6.07, 6.45) is 9.95. The number of ether oxygens (including phenoxy) is 1. The van der Waals surface area contributed by atoms with Crippen molar-refractivity contribution in [2.45, 2.75) is 50.4 Å². The van der Waals surface area contributed by atoms with Crippen LogP contribution in [0.1, 0.15) is 42.1 Å². The maximum Gasteiger partial charge on any atom is 0.254 e. The molecule has 11 nitrogen and oxygen atoms in total. The van der Waals surface area contributed by atoms with Crippen LogP contribution in [0.5, 0.6) is 5.75 Å². The molecule has 2 aliphatic carbocycles. The molecule has 1 amide bonds. The van der Waals surface area contributed by atoms with Gasteiger partial charge >= 0.3 is 0 Å². The molecule has 4 aliphatic rings. The minimum atomic E-state index is 0.00652. The van der Waals surface area contributed by atoms with E-state index in [4.69, 9.17) is 20.4 Å². The summed E-state index contributed by atoms with van der Waals surface area (Å²) in [5.41, 5.74) is 10.7. The van der Waals surface area contributed by atoms with Gasteiger partial charge in [-0.2, -0.15) is 0 Å². The van der Waals surface area contributed by atoms with Crippen molar-refractivity contribution in [2.75, 3.05) is 31.6 Å². The number of carbonyl (C=O) groups excluding carboxylic acids is 1. The van der Waals surface area contributed by atoms with E-state index in [1.807, 2.05) is 35.4 Å². The molecule has 2 bridgehead atoms. The first-order valence-electron chi connectivity index (χ1n) is 15.7. The Morgan fingerprint density at radius 2 is 1.82 bits per heavy atom. The van der Waals surface area contributed by atoms with Gasteiger partial charge in [-0.3, -0.25) is 4.79 Å². The molecule has 0 spiro atoms. The number of nitrogens with zero attached hydrogens (tertiary/aromatic N) is 8. The minimum Gasteiger partial charge on any atom is -0.494 e. The van der Waals surface area contributed by atoms with E-state index in [-0.39, 0.29) is 24.0 Å². The van der Waals surface area contributed by atoms with E-state index >= 15 is 0 Å². The molecule has 6 heterocycles. The van der Waals surface area contributed by atoms with Crippen molar-refractivity contribution in [1.82, 2.24) is 34.0 Å². The third-order valence-electron chi connectivity index (χ3n) is 10.2. The summed E-state index contributed by atoms with van der Waals surface area (Å²) in [6, 6.07) is 12.3. The van der Waals surface area contributed by atoms with Crippen LogP contribution >= 0.6 is 0 Å². The summed E-state index contributed by atoms with van der Waals surface area (Å²) in [4.78, 5) is 37.1. The van der Waals surface area contributed by atoms with Crippen molar-refractivity contribution in [2.24, 2.45) is 17.6 Å². The quantitative estimate of drug-likeness (QED) is 0.304. The molecule has 5 aromatic rings. The molecule has 4 fully saturated rings. The van der Waals surface area contributed by atoms with E-state index in [0.29, 0.717) is 23.1 Å². The number of rotatable bonds is 7. The molecule has 0 radical (unpaired) electrons. The number of fused-ring (bicyclic) bond motifs is 4. The number of amides is 1.